The van der Waals surface area contributed by atoms with Gasteiger partial charge in [0, 0.05) is 48.4 Å². The van der Waals surface area contributed by atoms with Gasteiger partial charge in [0.15, 0.2) is 0 Å². The van der Waals surface area contributed by atoms with Crippen molar-refractivity contribution < 1.29 is 13.2 Å². The van der Waals surface area contributed by atoms with Crippen molar-refractivity contribution in [2.24, 2.45) is 4.99 Å². The first-order valence-corrected chi connectivity index (χ1v) is 12.8. The number of nitrogens with zero attached hydrogens (tertiary/aromatic N) is 2. The third-order valence-corrected chi connectivity index (χ3v) is 8.30. The second-order valence-corrected chi connectivity index (χ2v) is 10.6. The number of methoxy groups -OCH3 is 1. The molecule has 4 aromatic carbocycles. The maximum absolute atomic E-state index is 13.0. The largest absolute Gasteiger partial charge is 0.497 e. The first-order valence-electron chi connectivity index (χ1n) is 11.3. The summed E-state index contributed by atoms with van der Waals surface area (Å²) >= 11 is 0. The molecule has 0 aliphatic carbocycles. The lowest BCUT2D eigenvalue weighted by molar-refractivity contribution is 0.414. The Morgan fingerprint density at radius 1 is 0.886 bits per heavy atom. The summed E-state index contributed by atoms with van der Waals surface area (Å²) < 4.78 is 31.2. The number of rotatable bonds is 6. The minimum Gasteiger partial charge on any atom is -0.497 e. The summed E-state index contributed by atoms with van der Waals surface area (Å²) in [4.78, 5) is 7.11. The van der Waals surface area contributed by atoms with Gasteiger partial charge in [0.2, 0.25) is 9.84 Å². The van der Waals surface area contributed by atoms with E-state index in [1.165, 1.54) is 16.3 Å². The minimum absolute atomic E-state index is 0.245. The van der Waals surface area contributed by atoms with E-state index in [-0.39, 0.29) is 9.79 Å². The summed E-state index contributed by atoms with van der Waals surface area (Å²) in [5.74, 6) is 1.51. The summed E-state index contributed by atoms with van der Waals surface area (Å²) in [6.07, 6.45) is 0. The number of hydrogen-bond donors (Lipinski definition) is 1. The highest BCUT2D eigenvalue weighted by atomic mass is 32.2. The van der Waals surface area contributed by atoms with Gasteiger partial charge in [-0.2, -0.15) is 0 Å². The molecular formula is C28H27N3O3S. The molecule has 1 N–H and O–H groups in total. The fourth-order valence-electron chi connectivity index (χ4n) is 4.66. The smallest absolute Gasteiger partial charge is 0.206 e. The van der Waals surface area contributed by atoms with Crippen LogP contribution in [-0.2, 0) is 16.4 Å². The van der Waals surface area contributed by atoms with Gasteiger partial charge in [-0.25, -0.2) is 8.42 Å². The maximum atomic E-state index is 13.0. The van der Waals surface area contributed by atoms with Crippen molar-refractivity contribution in [1.29, 1.82) is 0 Å². The van der Waals surface area contributed by atoms with Gasteiger partial charge in [0.25, 0.3) is 0 Å². The van der Waals surface area contributed by atoms with Crippen LogP contribution in [0.1, 0.15) is 16.7 Å². The number of nitrogens with one attached hydrogen (secondary N) is 1. The number of anilines is 2. The van der Waals surface area contributed by atoms with Gasteiger partial charge in [-0.3, -0.25) is 4.99 Å². The predicted octanol–water partition coefficient (Wildman–Crippen LogP) is 5.43. The average molecular weight is 486 g/mol. The monoisotopic (exact) mass is 485 g/mol. The summed E-state index contributed by atoms with van der Waals surface area (Å²) in [5.41, 5.74) is 5.54. The molecule has 0 saturated heterocycles. The van der Waals surface area contributed by atoms with E-state index in [4.69, 9.17) is 4.74 Å². The highest BCUT2D eigenvalue weighted by molar-refractivity contribution is 7.91. The number of ether oxygens (including phenoxy) is 1. The van der Waals surface area contributed by atoms with Crippen LogP contribution in [0.3, 0.4) is 0 Å². The normalized spacial score (nSPS) is 13.8. The van der Waals surface area contributed by atoms with E-state index in [0.29, 0.717) is 12.3 Å². The van der Waals surface area contributed by atoms with Crippen molar-refractivity contribution in [3.05, 3.63) is 89.5 Å². The Bertz CT molecular complexity index is 1560. The number of hydrogen-bond acceptors (Lipinski definition) is 5. The number of sulfone groups is 1. The molecule has 0 aromatic heterocycles. The predicted molar refractivity (Wildman–Crippen MR) is 142 cm³/mol. The van der Waals surface area contributed by atoms with Crippen LogP contribution >= 0.6 is 0 Å². The van der Waals surface area contributed by atoms with E-state index >= 15 is 0 Å². The molecule has 0 fully saturated rings. The van der Waals surface area contributed by atoms with Crippen molar-refractivity contribution in [3.63, 3.8) is 0 Å². The SMILES string of the molecule is CN=C1Nc2ccc(N(C)Cc3ccc(S(=O)(=O)c4ccc(OC)cc4)cc3)c3c(C)ccc1c23. The van der Waals surface area contributed by atoms with Crippen molar-refractivity contribution in [2.75, 3.05) is 31.4 Å². The standard InChI is InChI=1S/C28H27N3O3S/c1-18-5-14-23-27-24(30-28(23)29-2)15-16-25(26(18)27)31(3)17-19-6-10-21(11-7-19)35(32,33)22-12-8-20(34-4)9-13-22/h5-16H,17H2,1-4H3,(H,29,30). The highest BCUT2D eigenvalue weighted by Crippen LogP contribution is 2.40. The Hall–Kier alpha value is -3.84. The first-order chi connectivity index (χ1) is 16.8. The Balaban J connectivity index is 1.43. The molecule has 178 valence electrons. The Morgan fingerprint density at radius 2 is 1.54 bits per heavy atom. The zero-order valence-corrected chi connectivity index (χ0v) is 21.0. The molecule has 1 heterocycles. The maximum Gasteiger partial charge on any atom is 0.206 e. The van der Waals surface area contributed by atoms with Crippen molar-refractivity contribution in [3.8, 4) is 5.75 Å². The van der Waals surface area contributed by atoms with Gasteiger partial charge in [-0.05, 0) is 66.6 Å². The highest BCUT2D eigenvalue weighted by Gasteiger charge is 2.23. The van der Waals surface area contributed by atoms with Crippen LogP contribution in [0.5, 0.6) is 5.75 Å². The molecule has 6 nitrogen and oxygen atoms in total. The average Bonchev–Trinajstić information content (AvgIpc) is 3.25. The summed E-state index contributed by atoms with van der Waals surface area (Å²) in [5, 5.41) is 5.80. The van der Waals surface area contributed by atoms with Crippen LogP contribution in [0.25, 0.3) is 10.8 Å². The molecule has 1 aliphatic heterocycles. The van der Waals surface area contributed by atoms with E-state index in [0.717, 1.165) is 28.3 Å². The van der Waals surface area contributed by atoms with Crippen LogP contribution in [-0.4, -0.2) is 35.5 Å². The van der Waals surface area contributed by atoms with Crippen molar-refractivity contribution in [1.82, 2.24) is 0 Å². The molecule has 5 rings (SSSR count). The molecule has 4 aromatic rings. The second kappa shape index (κ2) is 8.74. The molecule has 0 unspecified atom stereocenters. The minimum atomic E-state index is -3.59. The zero-order valence-electron chi connectivity index (χ0n) is 20.2. The van der Waals surface area contributed by atoms with Gasteiger partial charge in [0.05, 0.1) is 16.9 Å². The molecular weight excluding hydrogens is 458 g/mol. The Labute approximate surface area is 205 Å². The first kappa shape index (κ1) is 22.9. The van der Waals surface area contributed by atoms with Gasteiger partial charge in [-0.15, -0.1) is 0 Å². The molecule has 0 saturated carbocycles. The number of aliphatic imine (C=N–C) groups is 1. The van der Waals surface area contributed by atoms with Gasteiger partial charge in [0.1, 0.15) is 11.6 Å². The van der Waals surface area contributed by atoms with Crippen molar-refractivity contribution >= 4 is 37.8 Å². The fraction of sp³-hybridized carbons (Fsp3) is 0.179. The third-order valence-electron chi connectivity index (χ3n) is 6.51. The van der Waals surface area contributed by atoms with Crippen molar-refractivity contribution in [2.45, 2.75) is 23.3 Å². The Morgan fingerprint density at radius 3 is 2.17 bits per heavy atom. The molecule has 35 heavy (non-hydrogen) atoms. The molecule has 0 amide bonds. The fourth-order valence-corrected chi connectivity index (χ4v) is 5.92. The zero-order chi connectivity index (χ0) is 24.7. The molecule has 1 aliphatic rings. The Kier molecular flexibility index (Phi) is 5.73. The number of benzene rings is 4. The summed E-state index contributed by atoms with van der Waals surface area (Å²) in [7, 11) is 1.82. The molecule has 0 bridgehead atoms. The lowest BCUT2D eigenvalue weighted by Crippen LogP contribution is -2.17. The third kappa shape index (κ3) is 3.91. The van der Waals surface area contributed by atoms with E-state index in [2.05, 4.69) is 53.4 Å². The number of amidine groups is 1. The summed E-state index contributed by atoms with van der Waals surface area (Å²) in [6.45, 7) is 2.77. The van der Waals surface area contributed by atoms with Gasteiger partial charge < -0.3 is 15.0 Å². The van der Waals surface area contributed by atoms with E-state index < -0.39 is 9.84 Å². The van der Waals surface area contributed by atoms with E-state index in [1.54, 1.807) is 50.6 Å². The molecule has 0 spiro atoms. The lowest BCUT2D eigenvalue weighted by atomic mass is 9.98. The van der Waals surface area contributed by atoms with Crippen LogP contribution in [0.2, 0.25) is 0 Å². The number of aryl methyl sites for hydroxylation is 1. The van der Waals surface area contributed by atoms with Crippen LogP contribution in [0, 0.1) is 6.92 Å². The van der Waals surface area contributed by atoms with Crippen LogP contribution in [0.15, 0.2) is 87.6 Å². The van der Waals surface area contributed by atoms with E-state index in [1.807, 2.05) is 12.1 Å². The molecule has 7 heteroatoms. The van der Waals surface area contributed by atoms with E-state index in [9.17, 15) is 8.42 Å². The van der Waals surface area contributed by atoms with Gasteiger partial charge in [-0.1, -0.05) is 24.3 Å². The summed E-state index contributed by atoms with van der Waals surface area (Å²) in [6, 6.07) is 22.0. The topological polar surface area (TPSA) is 71.0 Å². The molecule has 0 atom stereocenters. The molecule has 0 radical (unpaired) electrons. The lowest BCUT2D eigenvalue weighted by Gasteiger charge is -2.23. The van der Waals surface area contributed by atoms with Crippen LogP contribution < -0.4 is 15.0 Å². The van der Waals surface area contributed by atoms with Crippen LogP contribution in [0.4, 0.5) is 11.4 Å². The second-order valence-electron chi connectivity index (χ2n) is 8.69. The quantitative estimate of drug-likeness (QED) is 0.394. The van der Waals surface area contributed by atoms with Gasteiger partial charge >= 0.3 is 0 Å².